The van der Waals surface area contributed by atoms with Crippen molar-refractivity contribution in [3.8, 4) is 0 Å². The summed E-state index contributed by atoms with van der Waals surface area (Å²) in [5, 5.41) is 0. The minimum atomic E-state index is -3.55. The molecule has 0 saturated carbocycles. The highest BCUT2D eigenvalue weighted by Crippen LogP contribution is 2.33. The van der Waals surface area contributed by atoms with Crippen LogP contribution in [0.2, 0.25) is 0 Å². The minimum Gasteiger partial charge on any atom is -0.383 e. The van der Waals surface area contributed by atoms with Crippen molar-refractivity contribution in [2.24, 2.45) is 0 Å². The second-order valence-electron chi connectivity index (χ2n) is 9.08. The van der Waals surface area contributed by atoms with Crippen LogP contribution in [0.3, 0.4) is 0 Å². The summed E-state index contributed by atoms with van der Waals surface area (Å²) in [5.74, 6) is 0.904. The van der Waals surface area contributed by atoms with Crippen molar-refractivity contribution in [3.05, 3.63) is 54.0 Å². The van der Waals surface area contributed by atoms with Gasteiger partial charge in [0, 0.05) is 38.9 Å². The zero-order valence-corrected chi connectivity index (χ0v) is 19.4. The Kier molecular flexibility index (Phi) is 5.89. The molecule has 166 valence electrons. The average molecular weight is 443 g/mol. The van der Waals surface area contributed by atoms with Crippen LogP contribution in [-0.2, 0) is 26.7 Å². The largest absolute Gasteiger partial charge is 0.383 e. The fraction of sp³-hybridized carbons (Fsp3) is 0.478. The number of hydrogen-bond acceptors (Lipinski definition) is 5. The van der Waals surface area contributed by atoms with E-state index in [1.165, 1.54) is 0 Å². The fourth-order valence-corrected chi connectivity index (χ4v) is 5.62. The van der Waals surface area contributed by atoms with Gasteiger partial charge in [-0.15, -0.1) is 0 Å². The van der Waals surface area contributed by atoms with Gasteiger partial charge in [-0.2, -0.15) is 4.31 Å². The van der Waals surface area contributed by atoms with E-state index in [2.05, 4.69) is 30.3 Å². The van der Waals surface area contributed by atoms with Crippen molar-refractivity contribution >= 4 is 21.2 Å². The van der Waals surface area contributed by atoms with Gasteiger partial charge in [0.25, 0.3) is 0 Å². The lowest BCUT2D eigenvalue weighted by Crippen LogP contribution is -2.29. The van der Waals surface area contributed by atoms with Crippen molar-refractivity contribution in [2.75, 3.05) is 26.8 Å². The van der Waals surface area contributed by atoms with Crippen LogP contribution < -0.4 is 0 Å². The molecule has 1 aromatic carbocycles. The monoisotopic (exact) mass is 442 g/mol. The van der Waals surface area contributed by atoms with Gasteiger partial charge in [0.2, 0.25) is 10.0 Å². The number of sulfonamides is 1. The first-order valence-corrected chi connectivity index (χ1v) is 12.1. The van der Waals surface area contributed by atoms with E-state index in [-0.39, 0.29) is 11.3 Å². The van der Waals surface area contributed by atoms with Crippen molar-refractivity contribution in [2.45, 2.75) is 50.0 Å². The Bertz CT molecular complexity index is 1160. The topological polar surface area (TPSA) is 77.3 Å². The maximum Gasteiger partial charge on any atom is 0.243 e. The van der Waals surface area contributed by atoms with Crippen LogP contribution in [-0.4, -0.2) is 54.1 Å². The molecule has 2 aromatic heterocycles. The molecule has 1 unspecified atom stereocenters. The number of benzene rings is 1. The third-order valence-corrected chi connectivity index (χ3v) is 7.81. The average Bonchev–Trinajstić information content (AvgIpc) is 3.37. The molecule has 1 atom stereocenters. The number of hydrogen-bond donors (Lipinski definition) is 0. The maximum absolute atomic E-state index is 13.3. The highest BCUT2D eigenvalue weighted by molar-refractivity contribution is 7.89. The maximum atomic E-state index is 13.3. The van der Waals surface area contributed by atoms with E-state index in [0.29, 0.717) is 31.1 Å². The van der Waals surface area contributed by atoms with Crippen LogP contribution in [0.15, 0.2) is 47.5 Å². The van der Waals surface area contributed by atoms with E-state index in [1.807, 2.05) is 24.3 Å². The molecule has 0 amide bonds. The number of fused-ring (bicyclic) bond motifs is 1. The summed E-state index contributed by atoms with van der Waals surface area (Å²) in [6.45, 7) is 8.43. The van der Waals surface area contributed by atoms with Gasteiger partial charge in [-0.05, 0) is 41.7 Å². The number of pyridine rings is 1. The molecule has 0 N–H and O–H groups in total. The third kappa shape index (κ3) is 4.24. The van der Waals surface area contributed by atoms with E-state index in [4.69, 9.17) is 9.72 Å². The van der Waals surface area contributed by atoms with E-state index in [0.717, 1.165) is 29.0 Å². The molecule has 1 saturated heterocycles. The minimum absolute atomic E-state index is 0.0175. The van der Waals surface area contributed by atoms with Crippen molar-refractivity contribution in [3.63, 3.8) is 0 Å². The van der Waals surface area contributed by atoms with Gasteiger partial charge >= 0.3 is 0 Å². The zero-order valence-electron chi connectivity index (χ0n) is 18.6. The Balaban J connectivity index is 1.59. The first-order chi connectivity index (χ1) is 14.7. The molecule has 8 heteroatoms. The number of rotatable bonds is 6. The van der Waals surface area contributed by atoms with Gasteiger partial charge in [0.15, 0.2) is 5.65 Å². The van der Waals surface area contributed by atoms with Crippen LogP contribution in [0, 0.1) is 0 Å². The fourth-order valence-electron chi connectivity index (χ4n) is 4.12. The summed E-state index contributed by atoms with van der Waals surface area (Å²) in [4.78, 5) is 9.62. The van der Waals surface area contributed by atoms with Crippen LogP contribution in [0.4, 0.5) is 0 Å². The number of nitrogens with zero attached hydrogens (tertiary/aromatic N) is 4. The number of methoxy groups -OCH3 is 1. The second kappa shape index (κ2) is 8.33. The van der Waals surface area contributed by atoms with Crippen molar-refractivity contribution in [1.82, 2.24) is 18.8 Å². The van der Waals surface area contributed by atoms with Crippen LogP contribution in [0.25, 0.3) is 11.2 Å². The molecule has 0 aliphatic carbocycles. The number of aromatic nitrogens is 3. The molecule has 1 fully saturated rings. The molecule has 0 radical (unpaired) electrons. The zero-order chi connectivity index (χ0) is 22.2. The lowest BCUT2D eigenvalue weighted by molar-refractivity contribution is 0.187. The van der Waals surface area contributed by atoms with Gasteiger partial charge < -0.3 is 9.30 Å². The number of imidazole rings is 1. The van der Waals surface area contributed by atoms with Gasteiger partial charge in [-0.25, -0.2) is 18.4 Å². The van der Waals surface area contributed by atoms with Crippen LogP contribution in [0.5, 0.6) is 0 Å². The molecule has 7 nitrogen and oxygen atoms in total. The van der Waals surface area contributed by atoms with E-state index in [1.54, 1.807) is 29.7 Å². The molecular formula is C23H30N4O3S. The molecule has 4 rings (SSSR count). The Morgan fingerprint density at radius 3 is 2.58 bits per heavy atom. The molecule has 0 spiro atoms. The summed E-state index contributed by atoms with van der Waals surface area (Å²) in [7, 11) is -1.88. The Morgan fingerprint density at radius 2 is 1.90 bits per heavy atom. The van der Waals surface area contributed by atoms with Crippen LogP contribution >= 0.6 is 0 Å². The Hall–Kier alpha value is -2.29. The molecule has 3 aromatic rings. The molecule has 0 bridgehead atoms. The van der Waals surface area contributed by atoms with Crippen LogP contribution in [0.1, 0.15) is 44.5 Å². The normalized spacial score (nSPS) is 18.1. The highest BCUT2D eigenvalue weighted by atomic mass is 32.2. The first-order valence-electron chi connectivity index (χ1n) is 10.6. The van der Waals surface area contributed by atoms with E-state index < -0.39 is 10.0 Å². The summed E-state index contributed by atoms with van der Waals surface area (Å²) in [6.07, 6.45) is 2.49. The first kappa shape index (κ1) is 21.9. The lowest BCUT2D eigenvalue weighted by atomic mass is 9.87. The predicted octanol–water partition coefficient (Wildman–Crippen LogP) is 3.55. The molecule has 1 aliphatic rings. The summed E-state index contributed by atoms with van der Waals surface area (Å²) < 4.78 is 35.4. The van der Waals surface area contributed by atoms with Gasteiger partial charge in [-0.3, -0.25) is 0 Å². The molecule has 31 heavy (non-hydrogen) atoms. The van der Waals surface area contributed by atoms with Gasteiger partial charge in [0.1, 0.15) is 11.3 Å². The van der Waals surface area contributed by atoms with E-state index >= 15 is 0 Å². The molecule has 3 heterocycles. The lowest BCUT2D eigenvalue weighted by Gasteiger charge is -2.21. The molecular weight excluding hydrogens is 412 g/mol. The number of ether oxygens (including phenoxy) is 1. The summed E-state index contributed by atoms with van der Waals surface area (Å²) >= 11 is 0. The third-order valence-electron chi connectivity index (χ3n) is 5.93. The highest BCUT2D eigenvalue weighted by Gasteiger charge is 2.35. The Morgan fingerprint density at radius 1 is 1.16 bits per heavy atom. The summed E-state index contributed by atoms with van der Waals surface area (Å²) in [6, 6.07) is 11.1. The van der Waals surface area contributed by atoms with Crippen molar-refractivity contribution in [1.29, 1.82) is 0 Å². The predicted molar refractivity (Wildman–Crippen MR) is 121 cm³/mol. The summed E-state index contributed by atoms with van der Waals surface area (Å²) in [5.41, 5.74) is 2.74. The van der Waals surface area contributed by atoms with Gasteiger partial charge in [0.05, 0.1) is 11.5 Å². The van der Waals surface area contributed by atoms with E-state index in [9.17, 15) is 8.42 Å². The standard InChI is InChI=1S/C23H30N4O3S/c1-23(2,3)18-7-9-19(10-8-18)31(28,29)26-13-11-17(16-26)21-25-20-6-5-12-24-22(20)27(21)14-15-30-4/h5-10,12,17H,11,13-16H2,1-4H3. The SMILES string of the molecule is COCCn1c(C2CCN(S(=O)(=O)c3ccc(C(C)(C)C)cc3)C2)nc2cccnc21. The smallest absolute Gasteiger partial charge is 0.243 e. The second-order valence-corrected chi connectivity index (χ2v) is 11.0. The van der Waals surface area contributed by atoms with Crippen molar-refractivity contribution < 1.29 is 13.2 Å². The van der Waals surface area contributed by atoms with Gasteiger partial charge in [-0.1, -0.05) is 32.9 Å². The molecule has 1 aliphatic heterocycles. The quantitative estimate of drug-likeness (QED) is 0.583. The Labute approximate surface area is 184 Å².